The van der Waals surface area contributed by atoms with Crippen molar-refractivity contribution >= 4 is 27.8 Å². The van der Waals surface area contributed by atoms with Gasteiger partial charge in [-0.25, -0.2) is 4.79 Å². The van der Waals surface area contributed by atoms with E-state index in [9.17, 15) is 9.59 Å². The van der Waals surface area contributed by atoms with E-state index in [1.54, 1.807) is 0 Å². The van der Waals surface area contributed by atoms with Crippen LogP contribution in [0, 0.1) is 0 Å². The van der Waals surface area contributed by atoms with Crippen LogP contribution in [0.5, 0.6) is 0 Å². The minimum Gasteiger partial charge on any atom is -0.444 e. The lowest BCUT2D eigenvalue weighted by atomic mass is 9.88. The zero-order chi connectivity index (χ0) is 15.6. The highest BCUT2D eigenvalue weighted by molar-refractivity contribution is 9.10. The first-order chi connectivity index (χ1) is 9.76. The minimum atomic E-state index is -0.539. The Morgan fingerprint density at radius 1 is 1.29 bits per heavy atom. The Kier molecular flexibility index (Phi) is 4.71. The van der Waals surface area contributed by atoms with Gasteiger partial charge in [0.2, 0.25) is 0 Å². The number of carbonyl (C=O) groups is 2. The third-order valence-electron chi connectivity index (χ3n) is 3.35. The maximum Gasteiger partial charge on any atom is 0.410 e. The molecular weight excluding hydrogens is 334 g/mol. The largest absolute Gasteiger partial charge is 0.444 e. The van der Waals surface area contributed by atoms with Crippen molar-refractivity contribution in [3.05, 3.63) is 34.3 Å². The van der Waals surface area contributed by atoms with Crippen molar-refractivity contribution in [2.45, 2.75) is 38.7 Å². The van der Waals surface area contributed by atoms with Crippen molar-refractivity contribution in [2.24, 2.45) is 0 Å². The monoisotopic (exact) mass is 353 g/mol. The van der Waals surface area contributed by atoms with E-state index < -0.39 is 11.7 Å². The molecule has 0 spiro atoms. The summed E-state index contributed by atoms with van der Waals surface area (Å²) in [6, 6.07) is 7.78. The van der Waals surface area contributed by atoms with E-state index in [4.69, 9.17) is 4.74 Å². The van der Waals surface area contributed by atoms with Crippen molar-refractivity contribution in [1.29, 1.82) is 0 Å². The number of amides is 1. The minimum absolute atomic E-state index is 0.0643. The molecule has 1 aromatic carbocycles. The number of piperidine rings is 1. The second kappa shape index (κ2) is 6.18. The lowest BCUT2D eigenvalue weighted by molar-refractivity contribution is -0.123. The maximum absolute atomic E-state index is 12.3. The van der Waals surface area contributed by atoms with Crippen LogP contribution in [0.1, 0.15) is 38.7 Å². The molecule has 0 aromatic heterocycles. The summed E-state index contributed by atoms with van der Waals surface area (Å²) < 4.78 is 6.30. The number of hydrogen-bond donors (Lipinski definition) is 0. The van der Waals surface area contributed by atoms with Gasteiger partial charge < -0.3 is 9.64 Å². The summed E-state index contributed by atoms with van der Waals surface area (Å²) >= 11 is 3.39. The summed E-state index contributed by atoms with van der Waals surface area (Å²) in [4.78, 5) is 25.8. The molecule has 114 valence electrons. The molecule has 1 heterocycles. The molecule has 1 fully saturated rings. The molecule has 1 saturated heterocycles. The Bertz CT molecular complexity index is 533. The quantitative estimate of drug-likeness (QED) is 0.772. The predicted molar refractivity (Wildman–Crippen MR) is 84.3 cm³/mol. The molecule has 21 heavy (non-hydrogen) atoms. The van der Waals surface area contributed by atoms with Crippen molar-refractivity contribution < 1.29 is 14.3 Å². The molecule has 5 heteroatoms. The smallest absolute Gasteiger partial charge is 0.410 e. The van der Waals surface area contributed by atoms with Gasteiger partial charge in [0.25, 0.3) is 0 Å². The topological polar surface area (TPSA) is 46.6 Å². The fourth-order valence-electron chi connectivity index (χ4n) is 2.35. The summed E-state index contributed by atoms with van der Waals surface area (Å²) in [6.45, 7) is 6.13. The third-order valence-corrected chi connectivity index (χ3v) is 3.88. The number of nitrogens with zero attached hydrogens (tertiary/aromatic N) is 1. The van der Waals surface area contributed by atoms with Crippen LogP contribution >= 0.6 is 15.9 Å². The number of likely N-dealkylation sites (tertiary alicyclic amines) is 1. The van der Waals surface area contributed by atoms with E-state index in [-0.39, 0.29) is 18.2 Å². The van der Waals surface area contributed by atoms with Crippen molar-refractivity contribution in [3.63, 3.8) is 0 Å². The molecule has 2 rings (SSSR count). The third kappa shape index (κ3) is 4.30. The molecule has 1 aliphatic heterocycles. The standard InChI is InChI=1S/C16H20BrNO3/c1-16(2,3)21-15(20)18-9-8-13(14(19)10-18)11-4-6-12(17)7-5-11/h4-7,13H,8-10H2,1-3H3. The van der Waals surface area contributed by atoms with Crippen molar-refractivity contribution in [1.82, 2.24) is 4.90 Å². The number of benzene rings is 1. The molecule has 1 atom stereocenters. The molecule has 4 nitrogen and oxygen atoms in total. The molecule has 0 bridgehead atoms. The number of carbonyl (C=O) groups excluding carboxylic acids is 2. The van der Waals surface area contributed by atoms with Gasteiger partial charge >= 0.3 is 6.09 Å². The maximum atomic E-state index is 12.3. The van der Waals surface area contributed by atoms with E-state index in [1.807, 2.05) is 45.0 Å². The van der Waals surface area contributed by atoms with E-state index >= 15 is 0 Å². The van der Waals surface area contributed by atoms with Gasteiger partial charge in [0.1, 0.15) is 5.60 Å². The molecule has 1 aliphatic rings. The van der Waals surface area contributed by atoms with Gasteiger partial charge in [-0.05, 0) is 44.9 Å². The van der Waals surface area contributed by atoms with Crippen LogP contribution in [0.3, 0.4) is 0 Å². The van der Waals surface area contributed by atoms with E-state index in [1.165, 1.54) is 4.90 Å². The lowest BCUT2D eigenvalue weighted by Crippen LogP contribution is -2.45. The molecule has 0 radical (unpaired) electrons. The Labute approximate surface area is 133 Å². The SMILES string of the molecule is CC(C)(C)OC(=O)N1CCC(c2ccc(Br)cc2)C(=O)C1. The van der Waals surface area contributed by atoms with E-state index in [2.05, 4.69) is 15.9 Å². The first kappa shape index (κ1) is 16.0. The molecule has 1 amide bonds. The fourth-order valence-corrected chi connectivity index (χ4v) is 2.62. The van der Waals surface area contributed by atoms with Crippen molar-refractivity contribution in [2.75, 3.05) is 13.1 Å². The molecule has 0 saturated carbocycles. The molecule has 1 aromatic rings. The van der Waals surface area contributed by atoms with E-state index in [0.717, 1.165) is 10.0 Å². The Balaban J connectivity index is 2.01. The predicted octanol–water partition coefficient (Wildman–Crippen LogP) is 3.74. The highest BCUT2D eigenvalue weighted by Gasteiger charge is 2.32. The summed E-state index contributed by atoms with van der Waals surface area (Å²) in [7, 11) is 0. The second-order valence-corrected chi connectivity index (χ2v) is 7.18. The Morgan fingerprint density at radius 2 is 1.90 bits per heavy atom. The number of ketones is 1. The van der Waals surface area contributed by atoms with Gasteiger partial charge in [0.15, 0.2) is 5.78 Å². The number of ether oxygens (including phenoxy) is 1. The number of rotatable bonds is 1. The average molecular weight is 354 g/mol. The molecule has 0 N–H and O–H groups in total. The Hall–Kier alpha value is -1.36. The normalized spacial score (nSPS) is 19.5. The highest BCUT2D eigenvalue weighted by atomic mass is 79.9. The summed E-state index contributed by atoms with van der Waals surface area (Å²) in [5.41, 5.74) is 0.468. The Morgan fingerprint density at radius 3 is 2.43 bits per heavy atom. The summed E-state index contributed by atoms with van der Waals surface area (Å²) in [6.07, 6.45) is 0.227. The highest BCUT2D eigenvalue weighted by Crippen LogP contribution is 2.27. The molecule has 1 unspecified atom stereocenters. The van der Waals surface area contributed by atoms with Crippen LogP contribution in [0.2, 0.25) is 0 Å². The van der Waals surface area contributed by atoms with E-state index in [0.29, 0.717) is 13.0 Å². The van der Waals surface area contributed by atoms with Crippen LogP contribution in [-0.4, -0.2) is 35.5 Å². The van der Waals surface area contributed by atoms with Crippen LogP contribution in [0.25, 0.3) is 0 Å². The van der Waals surface area contributed by atoms with Crippen LogP contribution in [-0.2, 0) is 9.53 Å². The summed E-state index contributed by atoms with van der Waals surface area (Å²) in [5, 5.41) is 0. The van der Waals surface area contributed by atoms with Crippen LogP contribution in [0.15, 0.2) is 28.7 Å². The number of hydrogen-bond acceptors (Lipinski definition) is 3. The van der Waals surface area contributed by atoms with Crippen LogP contribution < -0.4 is 0 Å². The van der Waals surface area contributed by atoms with Crippen molar-refractivity contribution in [3.8, 4) is 0 Å². The number of halogens is 1. The number of Topliss-reactive ketones (excluding diaryl/α,β-unsaturated/α-hetero) is 1. The summed E-state index contributed by atoms with van der Waals surface area (Å²) in [5.74, 6) is -0.0637. The van der Waals surface area contributed by atoms with Gasteiger partial charge in [-0.15, -0.1) is 0 Å². The van der Waals surface area contributed by atoms with Gasteiger partial charge in [-0.1, -0.05) is 28.1 Å². The molecule has 0 aliphatic carbocycles. The fraction of sp³-hybridized carbons (Fsp3) is 0.500. The van der Waals surface area contributed by atoms with Gasteiger partial charge in [-0.2, -0.15) is 0 Å². The zero-order valence-corrected chi connectivity index (χ0v) is 14.1. The second-order valence-electron chi connectivity index (χ2n) is 6.26. The average Bonchev–Trinajstić information content (AvgIpc) is 2.38. The first-order valence-corrected chi connectivity index (χ1v) is 7.82. The molecular formula is C16H20BrNO3. The van der Waals surface area contributed by atoms with Crippen LogP contribution in [0.4, 0.5) is 4.79 Å². The van der Waals surface area contributed by atoms with Gasteiger partial charge in [0, 0.05) is 16.9 Å². The first-order valence-electron chi connectivity index (χ1n) is 7.02. The lowest BCUT2D eigenvalue weighted by Gasteiger charge is -2.32. The van der Waals surface area contributed by atoms with Gasteiger partial charge in [-0.3, -0.25) is 4.79 Å². The van der Waals surface area contributed by atoms with Gasteiger partial charge in [0.05, 0.1) is 6.54 Å². The zero-order valence-electron chi connectivity index (χ0n) is 12.6.